The molecule has 12 nitrogen and oxygen atoms in total. The molecule has 0 aliphatic carbocycles. The minimum absolute atomic E-state index is 0.0112. The topological polar surface area (TPSA) is 197 Å². The average molecular weight is 496 g/mol. The van der Waals surface area contributed by atoms with E-state index in [-0.39, 0.29) is 19.4 Å². The Morgan fingerprint density at radius 2 is 1.62 bits per heavy atom. The zero-order chi connectivity index (χ0) is 25.7. The van der Waals surface area contributed by atoms with E-state index >= 15 is 0 Å². The minimum atomic E-state index is -1.42. The van der Waals surface area contributed by atoms with Crippen LogP contribution in [0, 0.1) is 0 Å². The lowest BCUT2D eigenvalue weighted by Gasteiger charge is -2.22. The number of carboxylic acid groups (broad SMARTS) is 1. The first-order valence-electron chi connectivity index (χ1n) is 10.2. The Hall–Kier alpha value is -3.61. The lowest BCUT2D eigenvalue weighted by Crippen LogP contribution is -2.55. The molecule has 0 bridgehead atoms. The van der Waals surface area contributed by atoms with Crippen molar-refractivity contribution in [1.82, 2.24) is 16.0 Å². The number of carbonyl (C=O) groups is 6. The zero-order valence-corrected chi connectivity index (χ0v) is 19.5. The van der Waals surface area contributed by atoms with Gasteiger partial charge in [-0.3, -0.25) is 19.2 Å². The minimum Gasteiger partial charge on any atom is -0.549 e. The lowest BCUT2D eigenvalue weighted by molar-refractivity contribution is -0.301. The third kappa shape index (κ3) is 11.3. The van der Waals surface area contributed by atoms with E-state index in [1.54, 1.807) is 24.3 Å². The maximum atomic E-state index is 12.5. The molecule has 186 valence electrons. The van der Waals surface area contributed by atoms with Gasteiger partial charge in [0.25, 0.3) is 0 Å². The number of amides is 4. The van der Waals surface area contributed by atoms with Crippen LogP contribution in [0.25, 0.3) is 0 Å². The Morgan fingerprint density at radius 1 is 0.971 bits per heavy atom. The van der Waals surface area contributed by atoms with Crippen molar-refractivity contribution < 1.29 is 38.6 Å². The van der Waals surface area contributed by atoms with Crippen LogP contribution in [-0.4, -0.2) is 58.8 Å². The first-order chi connectivity index (χ1) is 16.0. The quantitative estimate of drug-likeness (QED) is 0.253. The molecule has 0 fully saturated rings. The van der Waals surface area contributed by atoms with Crippen molar-refractivity contribution in [2.75, 3.05) is 5.75 Å². The summed E-state index contributed by atoms with van der Waals surface area (Å²) in [5, 5.41) is 17.0. The summed E-state index contributed by atoms with van der Waals surface area (Å²) in [6.45, 7) is 2.69. The SMILES string of the molecule is C[C@H](NC(=O)C(CCC(=O)SCC(=O)[O-])NC(=O)[C@H](C)NC(=O)OCc1ccccc1)C(N)=O. The van der Waals surface area contributed by atoms with Crippen LogP contribution >= 0.6 is 11.8 Å². The largest absolute Gasteiger partial charge is 0.549 e. The van der Waals surface area contributed by atoms with Crippen LogP contribution < -0.4 is 26.8 Å². The van der Waals surface area contributed by atoms with E-state index in [1.165, 1.54) is 13.8 Å². The van der Waals surface area contributed by atoms with E-state index in [4.69, 9.17) is 10.5 Å². The first-order valence-corrected chi connectivity index (χ1v) is 11.2. The van der Waals surface area contributed by atoms with Crippen molar-refractivity contribution in [2.45, 2.75) is 51.4 Å². The van der Waals surface area contributed by atoms with Crippen molar-refractivity contribution in [1.29, 1.82) is 0 Å². The summed E-state index contributed by atoms with van der Waals surface area (Å²) >= 11 is 0.501. The molecule has 1 aromatic carbocycles. The van der Waals surface area contributed by atoms with Gasteiger partial charge in [0.1, 0.15) is 24.7 Å². The second kappa shape index (κ2) is 14.5. The highest BCUT2D eigenvalue weighted by atomic mass is 32.2. The summed E-state index contributed by atoms with van der Waals surface area (Å²) in [6, 6.07) is 5.47. The lowest BCUT2D eigenvalue weighted by atomic mass is 10.1. The summed E-state index contributed by atoms with van der Waals surface area (Å²) in [4.78, 5) is 70.5. The van der Waals surface area contributed by atoms with Gasteiger partial charge >= 0.3 is 6.09 Å². The number of nitrogens with one attached hydrogen (secondary N) is 3. The molecule has 3 atom stereocenters. The van der Waals surface area contributed by atoms with Crippen molar-refractivity contribution in [3.05, 3.63) is 35.9 Å². The van der Waals surface area contributed by atoms with Crippen LogP contribution in [-0.2, 0) is 35.3 Å². The number of aliphatic carboxylic acids is 1. The van der Waals surface area contributed by atoms with E-state index in [2.05, 4.69) is 16.0 Å². The summed E-state index contributed by atoms with van der Waals surface area (Å²) in [6.07, 6.45) is -1.29. The molecule has 0 saturated heterocycles. The number of carboxylic acids is 1. The van der Waals surface area contributed by atoms with Gasteiger partial charge in [-0.25, -0.2) is 4.79 Å². The molecule has 13 heteroatoms. The number of hydrogen-bond donors (Lipinski definition) is 4. The number of carbonyl (C=O) groups excluding carboxylic acids is 6. The van der Waals surface area contributed by atoms with Gasteiger partial charge < -0.3 is 36.3 Å². The average Bonchev–Trinajstić information content (AvgIpc) is 2.79. The molecular formula is C21H27N4O8S-. The number of primary amides is 1. The van der Waals surface area contributed by atoms with E-state index in [0.29, 0.717) is 11.8 Å². The number of rotatable bonds is 13. The van der Waals surface area contributed by atoms with Gasteiger partial charge in [-0.15, -0.1) is 0 Å². The fraction of sp³-hybridized carbons (Fsp3) is 0.429. The van der Waals surface area contributed by atoms with Crippen LogP contribution in [0.1, 0.15) is 32.3 Å². The molecule has 1 rings (SSSR count). The van der Waals surface area contributed by atoms with Crippen molar-refractivity contribution in [3.63, 3.8) is 0 Å². The molecule has 0 aromatic heterocycles. The van der Waals surface area contributed by atoms with Crippen LogP contribution in [0.3, 0.4) is 0 Å². The second-order valence-corrected chi connectivity index (χ2v) is 8.23. The monoisotopic (exact) mass is 495 g/mol. The molecule has 1 unspecified atom stereocenters. The highest BCUT2D eigenvalue weighted by Gasteiger charge is 2.27. The standard InChI is InChI=1S/C21H28N4O8S/c1-12(18(22)29)23-20(31)15(8-9-17(28)34-11-16(26)27)25-19(30)13(2)24-21(32)33-10-14-6-4-3-5-7-14/h3-7,12-13,15H,8-11H2,1-2H3,(H2,22,29)(H,23,31)(H,24,32)(H,25,30)(H,26,27)/p-1/t12-,13-,15?/m0/s1. The molecule has 0 saturated carbocycles. The predicted molar refractivity (Wildman–Crippen MR) is 120 cm³/mol. The number of benzene rings is 1. The summed E-state index contributed by atoms with van der Waals surface area (Å²) in [7, 11) is 0. The normalized spacial score (nSPS) is 13.0. The molecule has 5 N–H and O–H groups in total. The van der Waals surface area contributed by atoms with Gasteiger partial charge in [-0.2, -0.15) is 0 Å². The van der Waals surface area contributed by atoms with Crippen molar-refractivity contribution >= 4 is 46.7 Å². The molecular weight excluding hydrogens is 468 g/mol. The highest BCUT2D eigenvalue weighted by molar-refractivity contribution is 8.14. The van der Waals surface area contributed by atoms with Crippen LogP contribution in [0.5, 0.6) is 0 Å². The summed E-state index contributed by atoms with van der Waals surface area (Å²) in [5.74, 6) is -4.31. The summed E-state index contributed by atoms with van der Waals surface area (Å²) in [5.41, 5.74) is 5.87. The maximum Gasteiger partial charge on any atom is 0.408 e. The number of thioether (sulfide) groups is 1. The van der Waals surface area contributed by atoms with Crippen LogP contribution in [0.15, 0.2) is 30.3 Å². The van der Waals surface area contributed by atoms with E-state index in [0.717, 1.165) is 5.56 Å². The van der Waals surface area contributed by atoms with Gasteiger partial charge in [0.15, 0.2) is 5.12 Å². The molecule has 1 aromatic rings. The third-order valence-corrected chi connectivity index (χ3v) is 5.25. The second-order valence-electron chi connectivity index (χ2n) is 7.19. The Bertz CT molecular complexity index is 896. The fourth-order valence-electron chi connectivity index (χ4n) is 2.43. The van der Waals surface area contributed by atoms with Crippen molar-refractivity contribution in [3.8, 4) is 0 Å². The zero-order valence-electron chi connectivity index (χ0n) is 18.7. The number of nitrogens with two attached hydrogens (primary N) is 1. The molecule has 0 radical (unpaired) electrons. The maximum absolute atomic E-state index is 12.5. The Morgan fingerprint density at radius 3 is 2.21 bits per heavy atom. The van der Waals surface area contributed by atoms with Gasteiger partial charge in [0.05, 0.1) is 5.97 Å². The summed E-state index contributed by atoms with van der Waals surface area (Å²) < 4.78 is 5.04. The van der Waals surface area contributed by atoms with Gasteiger partial charge in [-0.1, -0.05) is 42.1 Å². The molecule has 0 aliphatic rings. The molecule has 34 heavy (non-hydrogen) atoms. The van der Waals surface area contributed by atoms with E-state index in [1.807, 2.05) is 6.07 Å². The van der Waals surface area contributed by atoms with Crippen LogP contribution in [0.2, 0.25) is 0 Å². The Labute approximate surface area is 200 Å². The Balaban J connectivity index is 2.68. The number of hydrogen-bond acceptors (Lipinski definition) is 9. The van der Waals surface area contributed by atoms with E-state index in [9.17, 15) is 33.9 Å². The molecule has 4 amide bonds. The number of ether oxygens (including phenoxy) is 1. The fourth-order valence-corrected chi connectivity index (χ4v) is 2.97. The smallest absolute Gasteiger partial charge is 0.408 e. The van der Waals surface area contributed by atoms with Crippen LogP contribution in [0.4, 0.5) is 4.79 Å². The predicted octanol–water partition coefficient (Wildman–Crippen LogP) is -1.43. The third-order valence-electron chi connectivity index (χ3n) is 4.35. The van der Waals surface area contributed by atoms with Gasteiger partial charge in [0.2, 0.25) is 17.7 Å². The van der Waals surface area contributed by atoms with Crippen molar-refractivity contribution in [2.24, 2.45) is 5.73 Å². The number of alkyl carbamates (subject to hydrolysis) is 1. The molecule has 0 spiro atoms. The van der Waals surface area contributed by atoms with Gasteiger partial charge in [0, 0.05) is 12.2 Å². The molecule has 0 aliphatic heterocycles. The van der Waals surface area contributed by atoms with Gasteiger partial charge in [-0.05, 0) is 25.8 Å². The first kappa shape index (κ1) is 28.4. The van der Waals surface area contributed by atoms with E-state index < -0.39 is 58.8 Å². The highest BCUT2D eigenvalue weighted by Crippen LogP contribution is 2.10. The molecule has 0 heterocycles. The Kier molecular flexibility index (Phi) is 12.1.